The molecule has 3 aromatic rings. The minimum Gasteiger partial charge on any atom is -0.494 e. The third-order valence-electron chi connectivity index (χ3n) is 6.23. The van der Waals surface area contributed by atoms with Gasteiger partial charge in [0.2, 0.25) is 5.82 Å². The van der Waals surface area contributed by atoms with Crippen molar-refractivity contribution in [3.8, 4) is 33.8 Å². The Balaban J connectivity index is 1.55. The van der Waals surface area contributed by atoms with E-state index >= 15 is 0 Å². The Morgan fingerprint density at radius 3 is 1.81 bits per heavy atom. The molecule has 0 atom stereocenters. The largest absolute Gasteiger partial charge is 0.494 e. The number of hydrogen-bond acceptors (Lipinski definition) is 2. The normalized spacial score (nSPS) is 11.0. The first-order chi connectivity index (χ1) is 17.6. The van der Waals surface area contributed by atoms with E-state index < -0.39 is 11.6 Å². The third kappa shape index (κ3) is 8.51. The average Bonchev–Trinajstić information content (AvgIpc) is 2.91. The second kappa shape index (κ2) is 15.5. The van der Waals surface area contributed by atoms with E-state index in [4.69, 9.17) is 21.1 Å². The molecule has 0 amide bonds. The van der Waals surface area contributed by atoms with Gasteiger partial charge < -0.3 is 9.47 Å². The maximum atomic E-state index is 14.8. The molecule has 0 heterocycles. The van der Waals surface area contributed by atoms with Gasteiger partial charge in [-0.3, -0.25) is 0 Å². The van der Waals surface area contributed by atoms with Gasteiger partial charge in [0.15, 0.2) is 11.6 Å². The molecular formula is C31H37ClF2O2. The van der Waals surface area contributed by atoms with Gasteiger partial charge in [-0.1, -0.05) is 81.8 Å². The lowest BCUT2D eigenvalue weighted by Crippen LogP contribution is -2.01. The third-order valence-corrected chi connectivity index (χ3v) is 6.50. The highest BCUT2D eigenvalue weighted by Crippen LogP contribution is 2.32. The molecule has 36 heavy (non-hydrogen) atoms. The number of halogens is 3. The molecule has 0 spiro atoms. The smallest absolute Gasteiger partial charge is 0.201 e. The van der Waals surface area contributed by atoms with Gasteiger partial charge in [-0.15, -0.1) is 11.6 Å². The molecule has 3 aromatic carbocycles. The fourth-order valence-corrected chi connectivity index (χ4v) is 4.27. The van der Waals surface area contributed by atoms with Crippen LogP contribution in [-0.2, 0) is 0 Å². The zero-order valence-electron chi connectivity index (χ0n) is 21.2. The highest BCUT2D eigenvalue weighted by atomic mass is 35.5. The molecule has 0 N–H and O–H groups in total. The molecule has 0 saturated heterocycles. The summed E-state index contributed by atoms with van der Waals surface area (Å²) >= 11 is 5.68. The second-order valence-electron chi connectivity index (χ2n) is 9.06. The molecule has 2 nitrogen and oxygen atoms in total. The zero-order valence-corrected chi connectivity index (χ0v) is 22.0. The summed E-state index contributed by atoms with van der Waals surface area (Å²) in [5.41, 5.74) is 2.88. The number of rotatable bonds is 16. The fraction of sp³-hybridized carbons (Fsp3) is 0.419. The van der Waals surface area contributed by atoms with E-state index in [-0.39, 0.29) is 11.3 Å². The van der Waals surface area contributed by atoms with Crippen molar-refractivity contribution in [2.45, 2.75) is 64.7 Å². The van der Waals surface area contributed by atoms with Crippen LogP contribution < -0.4 is 9.47 Å². The number of alkyl halides is 1. The van der Waals surface area contributed by atoms with Crippen molar-refractivity contribution in [2.24, 2.45) is 0 Å². The first kappa shape index (κ1) is 28.0. The minimum absolute atomic E-state index is 0.0352. The Bertz CT molecular complexity index is 1040. The van der Waals surface area contributed by atoms with Crippen LogP contribution >= 0.6 is 11.6 Å². The number of ether oxygens (including phenoxy) is 2. The Hall–Kier alpha value is -2.59. The van der Waals surface area contributed by atoms with E-state index in [9.17, 15) is 8.78 Å². The molecule has 5 heteroatoms. The van der Waals surface area contributed by atoms with Gasteiger partial charge in [0.25, 0.3) is 0 Å². The molecule has 3 rings (SSSR count). The number of benzene rings is 3. The van der Waals surface area contributed by atoms with Crippen molar-refractivity contribution in [3.63, 3.8) is 0 Å². The van der Waals surface area contributed by atoms with E-state index in [1.165, 1.54) is 18.9 Å². The summed E-state index contributed by atoms with van der Waals surface area (Å²) < 4.78 is 40.8. The van der Waals surface area contributed by atoms with Gasteiger partial charge in [0.05, 0.1) is 13.2 Å². The van der Waals surface area contributed by atoms with Gasteiger partial charge in [-0.2, -0.15) is 4.39 Å². The summed E-state index contributed by atoms with van der Waals surface area (Å²) in [6, 6.07) is 18.5. The maximum absolute atomic E-state index is 14.8. The molecule has 0 aliphatic heterocycles. The summed E-state index contributed by atoms with van der Waals surface area (Å²) in [5, 5.41) is 0. The summed E-state index contributed by atoms with van der Waals surface area (Å²) in [4.78, 5) is 0. The lowest BCUT2D eigenvalue weighted by molar-refractivity contribution is 0.285. The van der Waals surface area contributed by atoms with Crippen LogP contribution in [0.4, 0.5) is 8.78 Å². The molecule has 194 valence electrons. The van der Waals surface area contributed by atoms with Gasteiger partial charge in [0.1, 0.15) is 5.75 Å². The fourth-order valence-electron chi connectivity index (χ4n) is 4.08. The monoisotopic (exact) mass is 514 g/mol. The molecule has 0 aliphatic carbocycles. The van der Waals surface area contributed by atoms with Crippen molar-refractivity contribution in [3.05, 3.63) is 72.3 Å². The maximum Gasteiger partial charge on any atom is 0.201 e. The van der Waals surface area contributed by atoms with Crippen LogP contribution in [0, 0.1) is 11.6 Å². The highest BCUT2D eigenvalue weighted by molar-refractivity contribution is 6.17. The molecule has 0 aromatic heterocycles. The van der Waals surface area contributed by atoms with Gasteiger partial charge in [-0.25, -0.2) is 4.39 Å². The predicted molar refractivity (Wildman–Crippen MR) is 146 cm³/mol. The molecule has 0 aliphatic rings. The van der Waals surface area contributed by atoms with E-state index in [1.54, 1.807) is 6.07 Å². The predicted octanol–water partition coefficient (Wildman–Crippen LogP) is 9.83. The average molecular weight is 515 g/mol. The zero-order chi connectivity index (χ0) is 25.6. The van der Waals surface area contributed by atoms with Gasteiger partial charge >= 0.3 is 0 Å². The highest BCUT2D eigenvalue weighted by Gasteiger charge is 2.16. The first-order valence-corrected chi connectivity index (χ1v) is 13.7. The minimum atomic E-state index is -0.937. The number of unbranched alkanes of at least 4 members (excludes halogenated alkanes) is 7. The molecule has 0 saturated carbocycles. The SMILES string of the molecule is CCCCCOc1ccc(-c2ccc(-c3ccc(OCCCCCCCCCl)c(F)c3F)cc2)cc1. The summed E-state index contributed by atoms with van der Waals surface area (Å²) in [5.74, 6) is -0.295. The van der Waals surface area contributed by atoms with Crippen molar-refractivity contribution < 1.29 is 18.3 Å². The number of hydrogen-bond donors (Lipinski definition) is 0. The molecule has 0 bridgehead atoms. The van der Waals surface area contributed by atoms with Crippen molar-refractivity contribution in [1.29, 1.82) is 0 Å². The summed E-state index contributed by atoms with van der Waals surface area (Å²) in [6.07, 6.45) is 9.63. The van der Waals surface area contributed by atoms with Gasteiger partial charge in [-0.05, 0) is 60.2 Å². The van der Waals surface area contributed by atoms with Crippen LogP contribution in [0.5, 0.6) is 11.5 Å². The quantitative estimate of drug-likeness (QED) is 0.140. The molecular weight excluding hydrogens is 478 g/mol. The van der Waals surface area contributed by atoms with E-state index in [0.29, 0.717) is 18.1 Å². The molecule has 0 radical (unpaired) electrons. The van der Waals surface area contributed by atoms with Crippen molar-refractivity contribution >= 4 is 11.6 Å². The summed E-state index contributed by atoms with van der Waals surface area (Å²) in [7, 11) is 0. The van der Waals surface area contributed by atoms with Crippen molar-refractivity contribution in [2.75, 3.05) is 19.1 Å². The Kier molecular flexibility index (Phi) is 12.1. The lowest BCUT2D eigenvalue weighted by atomic mass is 9.99. The van der Waals surface area contributed by atoms with Crippen LogP contribution in [0.3, 0.4) is 0 Å². The van der Waals surface area contributed by atoms with E-state index in [2.05, 4.69) is 6.92 Å². The van der Waals surface area contributed by atoms with Crippen LogP contribution in [0.2, 0.25) is 0 Å². The van der Waals surface area contributed by atoms with E-state index in [0.717, 1.165) is 68.4 Å². The second-order valence-corrected chi connectivity index (χ2v) is 9.43. The molecule has 0 fully saturated rings. The topological polar surface area (TPSA) is 18.5 Å². The first-order valence-electron chi connectivity index (χ1n) is 13.1. The Labute approximate surface area is 219 Å². The summed E-state index contributed by atoms with van der Waals surface area (Å²) in [6.45, 7) is 3.27. The van der Waals surface area contributed by atoms with Gasteiger partial charge in [0, 0.05) is 11.4 Å². The Morgan fingerprint density at radius 1 is 0.583 bits per heavy atom. The lowest BCUT2D eigenvalue weighted by Gasteiger charge is -2.11. The van der Waals surface area contributed by atoms with Crippen LogP contribution in [0.25, 0.3) is 22.3 Å². The van der Waals surface area contributed by atoms with Crippen molar-refractivity contribution in [1.82, 2.24) is 0 Å². The van der Waals surface area contributed by atoms with Crippen LogP contribution in [0.1, 0.15) is 64.7 Å². The Morgan fingerprint density at radius 2 is 1.14 bits per heavy atom. The van der Waals surface area contributed by atoms with Crippen LogP contribution in [-0.4, -0.2) is 19.1 Å². The van der Waals surface area contributed by atoms with E-state index in [1.807, 2.05) is 48.5 Å². The standard InChI is InChI=1S/C31H37ClF2O2/c1-2-3-9-22-35-27-17-15-25(16-18-27)24-11-13-26(14-12-24)28-19-20-29(31(34)30(28)33)36-23-10-7-5-4-6-8-21-32/h11-20H,2-10,21-23H2,1H3. The molecule has 0 unspecified atom stereocenters. The van der Waals surface area contributed by atoms with Crippen LogP contribution in [0.15, 0.2) is 60.7 Å².